The van der Waals surface area contributed by atoms with Gasteiger partial charge in [0.1, 0.15) is 4.90 Å². The molecule has 1 aromatic heterocycles. The van der Waals surface area contributed by atoms with Gasteiger partial charge in [0, 0.05) is 31.6 Å². The van der Waals surface area contributed by atoms with Crippen molar-refractivity contribution in [2.24, 2.45) is 0 Å². The van der Waals surface area contributed by atoms with Crippen LogP contribution in [0.25, 0.3) is 0 Å². The van der Waals surface area contributed by atoms with Crippen LogP contribution in [0.3, 0.4) is 0 Å². The number of ether oxygens (including phenoxy) is 1. The van der Waals surface area contributed by atoms with E-state index in [1.807, 2.05) is 11.9 Å². The van der Waals surface area contributed by atoms with Gasteiger partial charge in [0.2, 0.25) is 10.0 Å². The maximum Gasteiger partial charge on any atom is 0.242 e. The molecule has 0 saturated heterocycles. The summed E-state index contributed by atoms with van der Waals surface area (Å²) in [5.74, 6) is 0. The standard InChI is InChI=1S/C11H19BrN2O4S2/c1-14(5-6-18-2)4-3-13-20(16,17)10-7-9(8-15)19-11(10)12/h7,13,15H,3-6,8H2,1-2H3. The molecular formula is C11H19BrN2O4S2. The highest BCUT2D eigenvalue weighted by molar-refractivity contribution is 9.11. The summed E-state index contributed by atoms with van der Waals surface area (Å²) in [6, 6.07) is 1.48. The zero-order chi connectivity index (χ0) is 15.2. The molecule has 0 aliphatic rings. The highest BCUT2D eigenvalue weighted by atomic mass is 79.9. The molecule has 0 fully saturated rings. The number of thiophene rings is 1. The van der Waals surface area contributed by atoms with Gasteiger partial charge in [0.05, 0.1) is 17.0 Å². The highest BCUT2D eigenvalue weighted by Crippen LogP contribution is 2.31. The molecule has 0 unspecified atom stereocenters. The summed E-state index contributed by atoms with van der Waals surface area (Å²) in [4.78, 5) is 2.76. The Balaban J connectivity index is 2.55. The van der Waals surface area contributed by atoms with E-state index in [9.17, 15) is 8.42 Å². The van der Waals surface area contributed by atoms with Crippen molar-refractivity contribution in [2.45, 2.75) is 11.5 Å². The second-order valence-electron chi connectivity index (χ2n) is 4.20. The zero-order valence-corrected chi connectivity index (χ0v) is 14.6. The van der Waals surface area contributed by atoms with Crippen molar-refractivity contribution < 1.29 is 18.3 Å². The topological polar surface area (TPSA) is 78.9 Å². The Labute approximate surface area is 131 Å². The van der Waals surface area contributed by atoms with E-state index in [1.54, 1.807) is 7.11 Å². The van der Waals surface area contributed by atoms with Gasteiger partial charge >= 0.3 is 0 Å². The normalized spacial score (nSPS) is 12.2. The summed E-state index contributed by atoms with van der Waals surface area (Å²) >= 11 is 4.42. The molecule has 1 aromatic rings. The molecule has 0 radical (unpaired) electrons. The van der Waals surface area contributed by atoms with Crippen LogP contribution in [0, 0.1) is 0 Å². The quantitative estimate of drug-likeness (QED) is 0.657. The van der Waals surface area contributed by atoms with Gasteiger partial charge in [-0.3, -0.25) is 0 Å². The number of aliphatic hydroxyl groups excluding tert-OH is 1. The lowest BCUT2D eigenvalue weighted by Gasteiger charge is -2.16. The molecule has 6 nitrogen and oxygen atoms in total. The van der Waals surface area contributed by atoms with Crippen LogP contribution in [0.4, 0.5) is 0 Å². The smallest absolute Gasteiger partial charge is 0.242 e. The molecule has 0 aliphatic carbocycles. The molecule has 2 N–H and O–H groups in total. The van der Waals surface area contributed by atoms with E-state index in [1.165, 1.54) is 17.4 Å². The number of rotatable bonds is 9. The van der Waals surface area contributed by atoms with Gasteiger partial charge in [-0.1, -0.05) is 0 Å². The maximum absolute atomic E-state index is 12.1. The third-order valence-electron chi connectivity index (χ3n) is 2.61. The van der Waals surface area contributed by atoms with Crippen LogP contribution in [0.5, 0.6) is 0 Å². The van der Waals surface area contributed by atoms with E-state index in [2.05, 4.69) is 20.7 Å². The molecule has 0 amide bonds. The van der Waals surface area contributed by atoms with Gasteiger partial charge < -0.3 is 14.7 Å². The molecule has 9 heteroatoms. The monoisotopic (exact) mass is 386 g/mol. The van der Waals surface area contributed by atoms with Crippen molar-refractivity contribution in [3.8, 4) is 0 Å². The fourth-order valence-corrected chi connectivity index (χ4v) is 5.03. The van der Waals surface area contributed by atoms with Crippen LogP contribution in [0.2, 0.25) is 0 Å². The van der Waals surface area contributed by atoms with E-state index in [0.717, 1.165) is 6.54 Å². The lowest BCUT2D eigenvalue weighted by atomic mass is 10.5. The van der Waals surface area contributed by atoms with Crippen molar-refractivity contribution in [3.63, 3.8) is 0 Å². The van der Waals surface area contributed by atoms with Gasteiger partial charge in [-0.25, -0.2) is 13.1 Å². The number of aliphatic hydroxyl groups is 1. The van der Waals surface area contributed by atoms with Crippen molar-refractivity contribution in [1.82, 2.24) is 9.62 Å². The van der Waals surface area contributed by atoms with Crippen LogP contribution < -0.4 is 4.72 Å². The van der Waals surface area contributed by atoms with Crippen LogP contribution in [0.1, 0.15) is 4.88 Å². The van der Waals surface area contributed by atoms with Crippen LogP contribution >= 0.6 is 27.3 Å². The maximum atomic E-state index is 12.1. The number of sulfonamides is 1. The number of methoxy groups -OCH3 is 1. The van der Waals surface area contributed by atoms with Crippen LogP contribution in [0.15, 0.2) is 14.7 Å². The largest absolute Gasteiger partial charge is 0.391 e. The third kappa shape index (κ3) is 5.40. The number of nitrogens with one attached hydrogen (secondary N) is 1. The molecule has 0 aliphatic heterocycles. The molecule has 0 spiro atoms. The first-order chi connectivity index (χ1) is 9.40. The molecule has 116 valence electrons. The van der Waals surface area contributed by atoms with E-state index in [-0.39, 0.29) is 11.5 Å². The molecule has 0 atom stereocenters. The van der Waals surface area contributed by atoms with Gasteiger partial charge in [-0.05, 0) is 29.0 Å². The summed E-state index contributed by atoms with van der Waals surface area (Å²) in [7, 11) is -0.0230. The van der Waals surface area contributed by atoms with Gasteiger partial charge in [-0.2, -0.15) is 0 Å². The molecular weight excluding hydrogens is 368 g/mol. The number of nitrogens with zero attached hydrogens (tertiary/aromatic N) is 1. The minimum absolute atomic E-state index is 0.168. The summed E-state index contributed by atoms with van der Waals surface area (Å²) in [5.41, 5.74) is 0. The summed E-state index contributed by atoms with van der Waals surface area (Å²) in [6.45, 7) is 2.10. The Bertz CT molecular complexity index is 518. The predicted molar refractivity (Wildman–Crippen MR) is 82.5 cm³/mol. The summed E-state index contributed by atoms with van der Waals surface area (Å²) < 4.78 is 32.2. The van der Waals surface area contributed by atoms with E-state index in [4.69, 9.17) is 9.84 Å². The number of likely N-dealkylation sites (N-methyl/N-ethyl adjacent to an activating group) is 1. The van der Waals surface area contributed by atoms with Gasteiger partial charge in [0.15, 0.2) is 0 Å². The number of hydrogen-bond donors (Lipinski definition) is 2. The highest BCUT2D eigenvalue weighted by Gasteiger charge is 2.20. The Kier molecular flexibility index (Phi) is 7.59. The van der Waals surface area contributed by atoms with Crippen molar-refractivity contribution in [2.75, 3.05) is 40.4 Å². The first kappa shape index (κ1) is 18.0. The number of hydrogen-bond acceptors (Lipinski definition) is 6. The second kappa shape index (κ2) is 8.42. The SMILES string of the molecule is COCCN(C)CCNS(=O)(=O)c1cc(CO)sc1Br. The third-order valence-corrected chi connectivity index (χ3v) is 6.31. The van der Waals surface area contributed by atoms with Gasteiger partial charge in [0.25, 0.3) is 0 Å². The van der Waals surface area contributed by atoms with E-state index >= 15 is 0 Å². The Morgan fingerprint density at radius 3 is 2.75 bits per heavy atom. The molecule has 0 aromatic carbocycles. The minimum atomic E-state index is -3.55. The average molecular weight is 387 g/mol. The molecule has 1 heterocycles. The first-order valence-electron chi connectivity index (χ1n) is 5.97. The average Bonchev–Trinajstić information content (AvgIpc) is 2.78. The fourth-order valence-electron chi connectivity index (χ4n) is 1.47. The van der Waals surface area contributed by atoms with Crippen molar-refractivity contribution in [1.29, 1.82) is 0 Å². The molecule has 20 heavy (non-hydrogen) atoms. The van der Waals surface area contributed by atoms with E-state index < -0.39 is 10.0 Å². The Hall–Kier alpha value is -0.0300. The Morgan fingerprint density at radius 2 is 2.20 bits per heavy atom. The molecule has 1 rings (SSSR count). The van der Waals surface area contributed by atoms with Gasteiger partial charge in [-0.15, -0.1) is 11.3 Å². The fraction of sp³-hybridized carbons (Fsp3) is 0.636. The lowest BCUT2D eigenvalue weighted by Crippen LogP contribution is -2.34. The summed E-state index contributed by atoms with van der Waals surface area (Å²) in [5, 5.41) is 9.03. The van der Waals surface area contributed by atoms with Crippen molar-refractivity contribution >= 4 is 37.3 Å². The van der Waals surface area contributed by atoms with Crippen LogP contribution in [-0.4, -0.2) is 58.8 Å². The first-order valence-corrected chi connectivity index (χ1v) is 9.06. The van der Waals surface area contributed by atoms with Crippen molar-refractivity contribution in [3.05, 3.63) is 14.7 Å². The van der Waals surface area contributed by atoms with Crippen LogP contribution in [-0.2, 0) is 21.4 Å². The van der Waals surface area contributed by atoms with E-state index in [0.29, 0.717) is 28.4 Å². The Morgan fingerprint density at radius 1 is 1.50 bits per heavy atom. The second-order valence-corrected chi connectivity index (χ2v) is 8.39. The minimum Gasteiger partial charge on any atom is -0.391 e. The lowest BCUT2D eigenvalue weighted by molar-refractivity contribution is 0.162. The summed E-state index contributed by atoms with van der Waals surface area (Å²) in [6.07, 6.45) is 0. The zero-order valence-electron chi connectivity index (χ0n) is 11.4. The predicted octanol–water partition coefficient (Wildman–Crippen LogP) is 0.859. The molecule has 0 bridgehead atoms. The number of halogens is 1. The molecule has 0 saturated carbocycles.